The van der Waals surface area contributed by atoms with Crippen LogP contribution >= 0.6 is 12.4 Å². The van der Waals surface area contributed by atoms with E-state index in [0.717, 1.165) is 12.8 Å². The van der Waals surface area contributed by atoms with Crippen molar-refractivity contribution >= 4 is 24.2 Å². The number of carbonyl (C=O) groups excluding carboxylic acids is 2. The highest BCUT2D eigenvalue weighted by Crippen LogP contribution is 2.22. The molecule has 0 aromatic heterocycles. The van der Waals surface area contributed by atoms with Crippen LogP contribution in [0.15, 0.2) is 0 Å². The highest BCUT2D eigenvalue weighted by Gasteiger charge is 2.36. The predicted octanol–water partition coefficient (Wildman–Crippen LogP) is 1.30. The van der Waals surface area contributed by atoms with Crippen molar-refractivity contribution in [3.63, 3.8) is 0 Å². The molecule has 0 aromatic carbocycles. The topological polar surface area (TPSA) is 75.4 Å². The van der Waals surface area contributed by atoms with Gasteiger partial charge in [0.1, 0.15) is 0 Å². The van der Waals surface area contributed by atoms with Gasteiger partial charge in [0.2, 0.25) is 11.8 Å². The Morgan fingerprint density at radius 3 is 2.65 bits per heavy atom. The summed E-state index contributed by atoms with van der Waals surface area (Å²) in [6, 6.07) is 0.223. The molecule has 1 fully saturated rings. The third kappa shape index (κ3) is 5.67. The Hall–Kier alpha value is -0.810. The summed E-state index contributed by atoms with van der Waals surface area (Å²) in [5, 5.41) is 2.83. The quantitative estimate of drug-likeness (QED) is 0.776. The van der Waals surface area contributed by atoms with Gasteiger partial charge in [0.15, 0.2) is 0 Å². The number of carbonyl (C=O) groups is 2. The smallest absolute Gasteiger partial charge is 0.225 e. The fraction of sp³-hybridized carbons (Fsp3) is 0.857. The van der Waals surface area contributed by atoms with E-state index in [1.807, 2.05) is 25.7 Å². The van der Waals surface area contributed by atoms with Crippen LogP contribution in [-0.4, -0.2) is 41.4 Å². The van der Waals surface area contributed by atoms with Gasteiger partial charge in [0.05, 0.1) is 5.92 Å². The molecule has 1 heterocycles. The zero-order valence-electron chi connectivity index (χ0n) is 12.9. The Morgan fingerprint density at radius 2 is 2.15 bits per heavy atom. The molecule has 0 aromatic rings. The highest BCUT2D eigenvalue weighted by atomic mass is 35.5. The summed E-state index contributed by atoms with van der Waals surface area (Å²) in [4.78, 5) is 25.8. The van der Waals surface area contributed by atoms with Crippen LogP contribution in [0.2, 0.25) is 0 Å². The molecule has 5 nitrogen and oxygen atoms in total. The summed E-state index contributed by atoms with van der Waals surface area (Å²) in [5.74, 6) is -0.194. The average Bonchev–Trinajstić information content (AvgIpc) is 2.67. The molecule has 6 heteroatoms. The second-order valence-corrected chi connectivity index (χ2v) is 6.29. The van der Waals surface area contributed by atoms with Crippen molar-refractivity contribution < 1.29 is 9.59 Å². The highest BCUT2D eigenvalue weighted by molar-refractivity contribution is 5.89. The van der Waals surface area contributed by atoms with Gasteiger partial charge in [-0.2, -0.15) is 0 Å². The Labute approximate surface area is 128 Å². The van der Waals surface area contributed by atoms with Gasteiger partial charge in [-0.3, -0.25) is 9.59 Å². The van der Waals surface area contributed by atoms with Crippen LogP contribution in [0.4, 0.5) is 0 Å². The molecule has 2 unspecified atom stereocenters. The summed E-state index contributed by atoms with van der Waals surface area (Å²) in [7, 11) is 0. The maximum Gasteiger partial charge on any atom is 0.225 e. The van der Waals surface area contributed by atoms with Crippen LogP contribution in [0, 0.1) is 5.92 Å². The lowest BCUT2D eigenvalue weighted by Gasteiger charge is -2.24. The van der Waals surface area contributed by atoms with Crippen LogP contribution in [0.1, 0.15) is 47.0 Å². The summed E-state index contributed by atoms with van der Waals surface area (Å²) in [5.41, 5.74) is 5.41. The van der Waals surface area contributed by atoms with Crippen LogP contribution in [0.25, 0.3) is 0 Å². The third-order valence-electron chi connectivity index (χ3n) is 3.49. The number of amides is 2. The second kappa shape index (κ2) is 7.84. The van der Waals surface area contributed by atoms with Crippen LogP contribution < -0.4 is 11.1 Å². The van der Waals surface area contributed by atoms with E-state index >= 15 is 0 Å². The summed E-state index contributed by atoms with van der Waals surface area (Å²) >= 11 is 0. The first-order chi connectivity index (χ1) is 8.74. The molecule has 2 amide bonds. The van der Waals surface area contributed by atoms with Crippen LogP contribution in [0.3, 0.4) is 0 Å². The zero-order valence-corrected chi connectivity index (χ0v) is 13.8. The first-order valence-corrected chi connectivity index (χ1v) is 7.10. The molecule has 3 N–H and O–H groups in total. The minimum Gasteiger partial charge on any atom is -0.354 e. The van der Waals surface area contributed by atoms with Crippen molar-refractivity contribution in [1.82, 2.24) is 10.2 Å². The van der Waals surface area contributed by atoms with Crippen LogP contribution in [0.5, 0.6) is 0 Å². The molecule has 1 aliphatic rings. The van der Waals surface area contributed by atoms with Crippen molar-refractivity contribution in [3.8, 4) is 0 Å². The average molecular weight is 306 g/mol. The van der Waals surface area contributed by atoms with Gasteiger partial charge in [-0.25, -0.2) is 0 Å². The standard InChI is InChI=1S/C14H27N3O2.ClH/c1-5-6-10(2)17-8-11(7-12(17)18)13(19)16-9-14(3,4)15;/h10-11H,5-9,15H2,1-4H3,(H,16,19);1H. The van der Waals surface area contributed by atoms with Gasteiger partial charge in [0.25, 0.3) is 0 Å². The number of hydrogen-bond donors (Lipinski definition) is 2. The number of nitrogens with one attached hydrogen (secondary N) is 1. The number of nitrogens with zero attached hydrogens (tertiary/aromatic N) is 1. The molecule has 0 radical (unpaired) electrons. The van der Waals surface area contributed by atoms with Gasteiger partial charge in [0, 0.05) is 31.1 Å². The summed E-state index contributed by atoms with van der Waals surface area (Å²) < 4.78 is 0. The molecule has 118 valence electrons. The van der Waals surface area contributed by atoms with E-state index < -0.39 is 5.54 Å². The van der Waals surface area contributed by atoms with E-state index in [1.165, 1.54) is 0 Å². The van der Waals surface area contributed by atoms with Gasteiger partial charge >= 0.3 is 0 Å². The van der Waals surface area contributed by atoms with E-state index in [9.17, 15) is 9.59 Å². The summed E-state index contributed by atoms with van der Waals surface area (Å²) in [6.45, 7) is 8.85. The molecule has 0 aliphatic carbocycles. The van der Waals surface area contributed by atoms with Crippen molar-refractivity contribution in [3.05, 3.63) is 0 Å². The van der Waals surface area contributed by atoms with E-state index in [4.69, 9.17) is 5.73 Å². The van der Waals surface area contributed by atoms with Gasteiger partial charge in [-0.1, -0.05) is 13.3 Å². The molecule has 0 spiro atoms. The predicted molar refractivity (Wildman–Crippen MR) is 82.7 cm³/mol. The van der Waals surface area contributed by atoms with Gasteiger partial charge in [-0.05, 0) is 27.2 Å². The first-order valence-electron chi connectivity index (χ1n) is 7.10. The lowest BCUT2D eigenvalue weighted by Crippen LogP contribution is -2.47. The molecule has 20 heavy (non-hydrogen) atoms. The minimum absolute atomic E-state index is 0. The van der Waals surface area contributed by atoms with Crippen molar-refractivity contribution in [1.29, 1.82) is 0 Å². The van der Waals surface area contributed by atoms with E-state index in [-0.39, 0.29) is 36.2 Å². The molecule has 2 atom stereocenters. The number of rotatable bonds is 6. The van der Waals surface area contributed by atoms with Crippen molar-refractivity contribution in [2.75, 3.05) is 13.1 Å². The monoisotopic (exact) mass is 305 g/mol. The second-order valence-electron chi connectivity index (χ2n) is 6.29. The molecule has 1 aliphatic heterocycles. The largest absolute Gasteiger partial charge is 0.354 e. The van der Waals surface area contributed by atoms with Crippen molar-refractivity contribution in [2.45, 2.75) is 58.5 Å². The molecule has 0 bridgehead atoms. The number of halogens is 1. The van der Waals surface area contributed by atoms with E-state index in [2.05, 4.69) is 12.2 Å². The first kappa shape index (κ1) is 19.2. The molecular formula is C14H28ClN3O2. The lowest BCUT2D eigenvalue weighted by atomic mass is 10.1. The minimum atomic E-state index is -0.423. The zero-order chi connectivity index (χ0) is 14.6. The maximum absolute atomic E-state index is 12.0. The van der Waals surface area contributed by atoms with Crippen molar-refractivity contribution in [2.24, 2.45) is 11.7 Å². The van der Waals surface area contributed by atoms with E-state index in [0.29, 0.717) is 19.5 Å². The Morgan fingerprint density at radius 1 is 1.55 bits per heavy atom. The molecule has 0 saturated carbocycles. The fourth-order valence-electron chi connectivity index (χ4n) is 2.37. The lowest BCUT2D eigenvalue weighted by molar-refractivity contribution is -0.130. The maximum atomic E-state index is 12.0. The van der Waals surface area contributed by atoms with Crippen LogP contribution in [-0.2, 0) is 9.59 Å². The number of likely N-dealkylation sites (tertiary alicyclic amines) is 1. The number of hydrogen-bond acceptors (Lipinski definition) is 3. The van der Waals surface area contributed by atoms with Gasteiger partial charge < -0.3 is 16.0 Å². The molecule has 1 rings (SSSR count). The van der Waals surface area contributed by atoms with E-state index in [1.54, 1.807) is 0 Å². The summed E-state index contributed by atoms with van der Waals surface area (Å²) in [6.07, 6.45) is 2.35. The SMILES string of the molecule is CCCC(C)N1CC(C(=O)NCC(C)(C)N)CC1=O.Cl. The Balaban J connectivity index is 0.00000361. The third-order valence-corrected chi connectivity index (χ3v) is 3.49. The normalized spacial score (nSPS) is 20.6. The molecular weight excluding hydrogens is 278 g/mol. The fourth-order valence-corrected chi connectivity index (χ4v) is 2.37. The number of nitrogens with two attached hydrogens (primary N) is 1. The Bertz CT molecular complexity index is 342. The Kier molecular flexibility index (Phi) is 7.52. The van der Waals surface area contributed by atoms with Gasteiger partial charge in [-0.15, -0.1) is 12.4 Å². The molecule has 1 saturated heterocycles.